The Morgan fingerprint density at radius 2 is 2.00 bits per heavy atom. The number of hydrogen-bond donors (Lipinski definition) is 0. The van der Waals surface area contributed by atoms with Crippen LogP contribution < -0.4 is 15.0 Å². The average Bonchev–Trinajstić information content (AvgIpc) is 2.98. The molecule has 5 nitrogen and oxygen atoms in total. The summed E-state index contributed by atoms with van der Waals surface area (Å²) in [6.07, 6.45) is 1.47. The third-order valence-corrected chi connectivity index (χ3v) is 3.58. The molecule has 0 amide bonds. The first kappa shape index (κ1) is 12.8. The Labute approximate surface area is 124 Å². The number of rotatable bonds is 2. The third-order valence-electron chi connectivity index (χ3n) is 3.58. The van der Waals surface area contributed by atoms with Gasteiger partial charge in [0.15, 0.2) is 11.5 Å². The average molecular weight is 298 g/mol. The first-order valence-electron chi connectivity index (χ1n) is 6.74. The molecule has 0 aliphatic carbocycles. The molecule has 0 bridgehead atoms. The fraction of sp³-hybridized carbons (Fsp3) is 0.125. The van der Waals surface area contributed by atoms with Gasteiger partial charge in [-0.05, 0) is 35.9 Å². The van der Waals surface area contributed by atoms with Crippen LogP contribution >= 0.6 is 0 Å². The molecule has 6 heteroatoms. The van der Waals surface area contributed by atoms with E-state index in [1.807, 2.05) is 12.1 Å². The smallest absolute Gasteiger partial charge is 0.261 e. The van der Waals surface area contributed by atoms with Crippen molar-refractivity contribution in [3.8, 4) is 11.5 Å². The zero-order chi connectivity index (χ0) is 15.1. The van der Waals surface area contributed by atoms with Crippen LogP contribution in [0.15, 0.2) is 47.5 Å². The van der Waals surface area contributed by atoms with Gasteiger partial charge < -0.3 is 9.47 Å². The highest BCUT2D eigenvalue weighted by Crippen LogP contribution is 2.32. The minimum atomic E-state index is -0.452. The summed E-state index contributed by atoms with van der Waals surface area (Å²) in [7, 11) is 0. The van der Waals surface area contributed by atoms with E-state index in [0.717, 1.165) is 5.56 Å². The van der Waals surface area contributed by atoms with E-state index in [9.17, 15) is 9.18 Å². The van der Waals surface area contributed by atoms with E-state index < -0.39 is 5.82 Å². The Morgan fingerprint density at radius 1 is 1.14 bits per heavy atom. The van der Waals surface area contributed by atoms with Crippen LogP contribution in [0.3, 0.4) is 0 Å². The van der Waals surface area contributed by atoms with Crippen LogP contribution in [0.4, 0.5) is 4.39 Å². The minimum absolute atomic E-state index is 0.204. The SMILES string of the molecule is O=c1c2cc(F)ccc2ncn1Cc1ccc2c(c1)OCO2. The molecule has 2 heterocycles. The monoisotopic (exact) mass is 298 g/mol. The molecule has 1 aliphatic rings. The van der Waals surface area contributed by atoms with Crippen LogP contribution in [0.2, 0.25) is 0 Å². The highest BCUT2D eigenvalue weighted by Gasteiger charge is 2.14. The number of benzene rings is 2. The third kappa shape index (κ3) is 2.09. The van der Waals surface area contributed by atoms with Crippen molar-refractivity contribution >= 4 is 10.9 Å². The molecule has 0 saturated carbocycles. The van der Waals surface area contributed by atoms with Gasteiger partial charge in [-0.15, -0.1) is 0 Å². The van der Waals surface area contributed by atoms with Crippen molar-refractivity contribution in [3.05, 3.63) is 64.5 Å². The fourth-order valence-electron chi connectivity index (χ4n) is 2.48. The molecule has 4 rings (SSSR count). The van der Waals surface area contributed by atoms with Crippen molar-refractivity contribution in [2.24, 2.45) is 0 Å². The number of fused-ring (bicyclic) bond motifs is 2. The maximum Gasteiger partial charge on any atom is 0.261 e. The van der Waals surface area contributed by atoms with E-state index in [1.165, 1.54) is 29.1 Å². The molecule has 0 saturated heterocycles. The van der Waals surface area contributed by atoms with Crippen molar-refractivity contribution in [1.29, 1.82) is 0 Å². The second-order valence-electron chi connectivity index (χ2n) is 5.03. The van der Waals surface area contributed by atoms with Crippen molar-refractivity contribution < 1.29 is 13.9 Å². The maximum atomic E-state index is 13.3. The largest absolute Gasteiger partial charge is 0.454 e. The molecule has 2 aromatic carbocycles. The van der Waals surface area contributed by atoms with Crippen LogP contribution in [0.5, 0.6) is 11.5 Å². The Balaban J connectivity index is 1.75. The molecule has 22 heavy (non-hydrogen) atoms. The van der Waals surface area contributed by atoms with Crippen LogP contribution in [0.25, 0.3) is 10.9 Å². The van der Waals surface area contributed by atoms with E-state index >= 15 is 0 Å². The fourth-order valence-corrected chi connectivity index (χ4v) is 2.48. The summed E-state index contributed by atoms with van der Waals surface area (Å²) in [4.78, 5) is 16.6. The van der Waals surface area contributed by atoms with Crippen molar-refractivity contribution in [2.75, 3.05) is 6.79 Å². The van der Waals surface area contributed by atoms with Gasteiger partial charge in [-0.25, -0.2) is 9.37 Å². The van der Waals surface area contributed by atoms with Gasteiger partial charge >= 0.3 is 0 Å². The summed E-state index contributed by atoms with van der Waals surface area (Å²) < 4.78 is 25.3. The summed E-state index contributed by atoms with van der Waals surface area (Å²) in [6.45, 7) is 0.532. The summed E-state index contributed by atoms with van der Waals surface area (Å²) in [5.41, 5.74) is 1.08. The van der Waals surface area contributed by atoms with E-state index in [4.69, 9.17) is 9.47 Å². The zero-order valence-corrected chi connectivity index (χ0v) is 11.5. The lowest BCUT2D eigenvalue weighted by atomic mass is 10.2. The maximum absolute atomic E-state index is 13.3. The predicted molar refractivity (Wildman–Crippen MR) is 77.6 cm³/mol. The number of aromatic nitrogens is 2. The summed E-state index contributed by atoms with van der Waals surface area (Å²) in [5.74, 6) is 0.896. The number of halogens is 1. The lowest BCUT2D eigenvalue weighted by Crippen LogP contribution is -2.21. The van der Waals surface area contributed by atoms with E-state index in [1.54, 1.807) is 6.07 Å². The molecule has 0 spiro atoms. The van der Waals surface area contributed by atoms with E-state index in [-0.39, 0.29) is 17.7 Å². The summed E-state index contributed by atoms with van der Waals surface area (Å²) in [5, 5.41) is 0.267. The molecule has 0 unspecified atom stereocenters. The predicted octanol–water partition coefficient (Wildman–Crippen LogP) is 2.31. The topological polar surface area (TPSA) is 53.4 Å². The van der Waals surface area contributed by atoms with Gasteiger partial charge in [0, 0.05) is 0 Å². The minimum Gasteiger partial charge on any atom is -0.454 e. The molecule has 0 fully saturated rings. The Morgan fingerprint density at radius 3 is 2.91 bits per heavy atom. The number of nitrogens with zero attached hydrogens (tertiary/aromatic N) is 2. The van der Waals surface area contributed by atoms with Crippen LogP contribution in [0, 0.1) is 5.82 Å². The number of ether oxygens (including phenoxy) is 2. The molecular weight excluding hydrogens is 287 g/mol. The summed E-state index contributed by atoms with van der Waals surface area (Å²) in [6, 6.07) is 9.48. The van der Waals surface area contributed by atoms with Gasteiger partial charge in [0.05, 0.1) is 23.8 Å². The van der Waals surface area contributed by atoms with Crippen LogP contribution in [-0.4, -0.2) is 16.3 Å². The molecule has 110 valence electrons. The molecule has 3 aromatic rings. The highest BCUT2D eigenvalue weighted by atomic mass is 19.1. The zero-order valence-electron chi connectivity index (χ0n) is 11.5. The van der Waals surface area contributed by atoms with Gasteiger partial charge in [-0.1, -0.05) is 6.07 Å². The number of hydrogen-bond acceptors (Lipinski definition) is 4. The van der Waals surface area contributed by atoms with Gasteiger partial charge in [0.1, 0.15) is 5.82 Å². The Bertz CT molecular complexity index is 936. The van der Waals surface area contributed by atoms with Gasteiger partial charge in [-0.2, -0.15) is 0 Å². The first-order valence-corrected chi connectivity index (χ1v) is 6.74. The second kappa shape index (κ2) is 4.84. The van der Waals surface area contributed by atoms with E-state index in [2.05, 4.69) is 4.98 Å². The lowest BCUT2D eigenvalue weighted by Gasteiger charge is -2.07. The van der Waals surface area contributed by atoms with E-state index in [0.29, 0.717) is 23.6 Å². The Hall–Kier alpha value is -2.89. The normalized spacial score (nSPS) is 12.8. The molecule has 0 N–H and O–H groups in total. The van der Waals surface area contributed by atoms with Crippen LogP contribution in [0.1, 0.15) is 5.56 Å². The van der Waals surface area contributed by atoms with Crippen molar-refractivity contribution in [1.82, 2.24) is 9.55 Å². The van der Waals surface area contributed by atoms with Gasteiger partial charge in [0.25, 0.3) is 5.56 Å². The van der Waals surface area contributed by atoms with Gasteiger partial charge in [0.2, 0.25) is 6.79 Å². The quantitative estimate of drug-likeness (QED) is 0.728. The van der Waals surface area contributed by atoms with Crippen molar-refractivity contribution in [3.63, 3.8) is 0 Å². The highest BCUT2D eigenvalue weighted by molar-refractivity contribution is 5.77. The molecule has 0 atom stereocenters. The summed E-state index contributed by atoms with van der Waals surface area (Å²) >= 11 is 0. The second-order valence-corrected chi connectivity index (χ2v) is 5.03. The lowest BCUT2D eigenvalue weighted by molar-refractivity contribution is 0.174. The van der Waals surface area contributed by atoms with Crippen molar-refractivity contribution in [2.45, 2.75) is 6.54 Å². The molecule has 1 aromatic heterocycles. The first-order chi connectivity index (χ1) is 10.7. The Kier molecular flexibility index (Phi) is 2.82. The molecular formula is C16H11FN2O3. The molecule has 0 radical (unpaired) electrons. The molecule has 1 aliphatic heterocycles. The standard InChI is InChI=1S/C16H11FN2O3/c17-11-2-3-13-12(6-11)16(20)19(8-18-13)7-10-1-4-14-15(5-10)22-9-21-14/h1-6,8H,7,9H2. The van der Waals surface area contributed by atoms with Gasteiger partial charge in [-0.3, -0.25) is 9.36 Å². The van der Waals surface area contributed by atoms with Crippen LogP contribution in [-0.2, 0) is 6.54 Å².